The topological polar surface area (TPSA) is 55.1 Å². The van der Waals surface area contributed by atoms with Crippen LogP contribution >= 0.6 is 0 Å². The van der Waals surface area contributed by atoms with Crippen LogP contribution in [0, 0.1) is 0 Å². The second-order valence-electron chi connectivity index (χ2n) is 10.9. The zero-order valence-electron chi connectivity index (χ0n) is 19.5. The Kier molecular flexibility index (Phi) is 6.71. The molecule has 2 aromatic carbocycles. The minimum absolute atomic E-state index is 0.00592. The number of hydrogen-bond acceptors (Lipinski definition) is 2. The van der Waals surface area contributed by atoms with Gasteiger partial charge in [-0.2, -0.15) is 0 Å². The van der Waals surface area contributed by atoms with Gasteiger partial charge in [0, 0.05) is 5.69 Å². The average molecular weight is 415 g/mol. The van der Waals surface area contributed by atoms with Gasteiger partial charge in [0.25, 0.3) is 0 Å². The first-order chi connectivity index (χ1) is 13.1. The summed E-state index contributed by atoms with van der Waals surface area (Å²) in [6.45, 7) is 19.3. The number of benzene rings is 2. The Bertz CT molecular complexity index is 851. The van der Waals surface area contributed by atoms with Crippen molar-refractivity contribution in [2.75, 3.05) is 5.73 Å². The van der Waals surface area contributed by atoms with Crippen molar-refractivity contribution >= 4 is 16.7 Å². The normalized spacial score (nSPS) is 15.2. The molecule has 4 heteroatoms. The van der Waals surface area contributed by atoms with E-state index in [4.69, 9.17) is 5.73 Å². The SMILES string of the molecule is CC(C)(C)c1cc([C@@H](N[S@](=O)C(C)(C)C)c2ccccc2N)cc(C(C)(C)C)c1. The lowest BCUT2D eigenvalue weighted by Crippen LogP contribution is -2.36. The molecule has 160 valence electrons. The van der Waals surface area contributed by atoms with Gasteiger partial charge in [0.1, 0.15) is 0 Å². The van der Waals surface area contributed by atoms with Gasteiger partial charge in [-0.15, -0.1) is 0 Å². The summed E-state index contributed by atoms with van der Waals surface area (Å²) in [5.74, 6) is 0. The molecule has 2 rings (SSSR count). The predicted molar refractivity (Wildman–Crippen MR) is 128 cm³/mol. The number of nitrogen functional groups attached to an aromatic ring is 1. The Morgan fingerprint density at radius 1 is 0.828 bits per heavy atom. The highest BCUT2D eigenvalue weighted by Crippen LogP contribution is 2.35. The van der Waals surface area contributed by atoms with Crippen LogP contribution in [-0.4, -0.2) is 8.96 Å². The molecule has 0 aliphatic heterocycles. The van der Waals surface area contributed by atoms with Crippen LogP contribution in [-0.2, 0) is 21.8 Å². The molecule has 29 heavy (non-hydrogen) atoms. The fourth-order valence-electron chi connectivity index (χ4n) is 3.05. The molecular formula is C25H38N2OS. The van der Waals surface area contributed by atoms with E-state index in [1.165, 1.54) is 11.1 Å². The smallest absolute Gasteiger partial charge is 0.0979 e. The number of anilines is 1. The van der Waals surface area contributed by atoms with Gasteiger partial charge >= 0.3 is 0 Å². The first-order valence-electron chi connectivity index (χ1n) is 10.3. The second kappa shape index (κ2) is 8.23. The zero-order valence-corrected chi connectivity index (χ0v) is 20.3. The van der Waals surface area contributed by atoms with Gasteiger partial charge in [-0.05, 0) is 59.9 Å². The summed E-state index contributed by atoms with van der Waals surface area (Å²) in [7, 11) is -1.24. The number of hydrogen-bond donors (Lipinski definition) is 2. The molecule has 0 saturated heterocycles. The lowest BCUT2D eigenvalue weighted by Gasteiger charge is -2.30. The van der Waals surface area contributed by atoms with Crippen molar-refractivity contribution in [1.29, 1.82) is 0 Å². The van der Waals surface area contributed by atoms with Crippen molar-refractivity contribution in [3.05, 3.63) is 64.7 Å². The van der Waals surface area contributed by atoms with Gasteiger partial charge in [0.05, 0.1) is 21.8 Å². The predicted octanol–water partition coefficient (Wildman–Crippen LogP) is 6.01. The van der Waals surface area contributed by atoms with E-state index in [0.717, 1.165) is 11.1 Å². The first-order valence-corrected chi connectivity index (χ1v) is 11.4. The summed E-state index contributed by atoms with van der Waals surface area (Å²) in [4.78, 5) is 0. The monoisotopic (exact) mass is 414 g/mol. The molecule has 3 N–H and O–H groups in total. The summed E-state index contributed by atoms with van der Waals surface area (Å²) in [6.07, 6.45) is 0. The van der Waals surface area contributed by atoms with Crippen molar-refractivity contribution in [2.24, 2.45) is 0 Å². The molecule has 0 amide bonds. The number of rotatable bonds is 4. The Morgan fingerprint density at radius 3 is 1.72 bits per heavy atom. The van der Waals surface area contributed by atoms with E-state index in [-0.39, 0.29) is 21.6 Å². The van der Waals surface area contributed by atoms with Gasteiger partial charge < -0.3 is 5.73 Å². The lowest BCUT2D eigenvalue weighted by molar-refractivity contribution is 0.564. The third-order valence-electron chi connectivity index (χ3n) is 5.11. The van der Waals surface area contributed by atoms with E-state index in [9.17, 15) is 4.21 Å². The maximum absolute atomic E-state index is 13.1. The molecular weight excluding hydrogens is 376 g/mol. The Morgan fingerprint density at radius 2 is 1.31 bits per heavy atom. The van der Waals surface area contributed by atoms with Crippen molar-refractivity contribution in [3.63, 3.8) is 0 Å². The molecule has 0 fully saturated rings. The van der Waals surface area contributed by atoms with Crippen molar-refractivity contribution in [3.8, 4) is 0 Å². The van der Waals surface area contributed by atoms with Crippen molar-refractivity contribution in [1.82, 2.24) is 4.72 Å². The quantitative estimate of drug-likeness (QED) is 0.602. The second-order valence-corrected chi connectivity index (χ2v) is 12.9. The third-order valence-corrected chi connectivity index (χ3v) is 6.67. The van der Waals surface area contributed by atoms with Crippen LogP contribution in [0.5, 0.6) is 0 Å². The fraction of sp³-hybridized carbons (Fsp3) is 0.520. The number of nitrogens with two attached hydrogens (primary N) is 1. The van der Waals surface area contributed by atoms with Gasteiger partial charge in [-0.3, -0.25) is 0 Å². The van der Waals surface area contributed by atoms with Crippen LogP contribution in [0.4, 0.5) is 5.69 Å². The van der Waals surface area contributed by atoms with Gasteiger partial charge in [-0.25, -0.2) is 8.93 Å². The fourth-order valence-corrected chi connectivity index (χ4v) is 3.88. The highest BCUT2D eigenvalue weighted by atomic mass is 32.2. The minimum Gasteiger partial charge on any atom is -0.398 e. The van der Waals surface area contributed by atoms with Crippen LogP contribution < -0.4 is 10.5 Å². The van der Waals surface area contributed by atoms with E-state index in [2.05, 4.69) is 64.5 Å². The van der Waals surface area contributed by atoms with Gasteiger partial charge in [0.2, 0.25) is 0 Å². The molecule has 0 aromatic heterocycles. The summed E-state index contributed by atoms with van der Waals surface area (Å²) in [6, 6.07) is 14.4. The van der Waals surface area contributed by atoms with Gasteiger partial charge in [0.15, 0.2) is 0 Å². The minimum atomic E-state index is -1.24. The maximum Gasteiger partial charge on any atom is 0.0979 e. The molecule has 0 aliphatic rings. The van der Waals surface area contributed by atoms with E-state index in [1.807, 2.05) is 45.0 Å². The Balaban J connectivity index is 2.73. The molecule has 2 atom stereocenters. The summed E-state index contributed by atoms with van der Waals surface area (Å²) < 4.78 is 16.1. The molecule has 0 bridgehead atoms. The van der Waals surface area contributed by atoms with Crippen LogP contribution in [0.3, 0.4) is 0 Å². The third kappa shape index (κ3) is 5.93. The standard InChI is InChI=1S/C25H38N2OS/c1-23(2,3)18-14-17(15-19(16-18)24(4,5)6)22(27-29(28)25(7,8)9)20-12-10-11-13-21(20)26/h10-16,22,27H,26H2,1-9H3/t22-,29-/m1/s1. The zero-order chi connectivity index (χ0) is 22.2. The summed E-state index contributed by atoms with van der Waals surface area (Å²) in [5.41, 5.74) is 11.7. The maximum atomic E-state index is 13.1. The van der Waals surface area contributed by atoms with E-state index >= 15 is 0 Å². The van der Waals surface area contributed by atoms with E-state index in [0.29, 0.717) is 5.69 Å². The largest absolute Gasteiger partial charge is 0.398 e. The van der Waals surface area contributed by atoms with E-state index < -0.39 is 11.0 Å². The molecule has 0 heterocycles. The molecule has 0 saturated carbocycles. The first kappa shape index (κ1) is 23.6. The molecule has 2 aromatic rings. The highest BCUT2D eigenvalue weighted by molar-refractivity contribution is 7.84. The number of nitrogens with one attached hydrogen (secondary N) is 1. The van der Waals surface area contributed by atoms with E-state index in [1.54, 1.807) is 0 Å². The Labute approximate surface area is 180 Å². The molecule has 0 aliphatic carbocycles. The highest BCUT2D eigenvalue weighted by Gasteiger charge is 2.28. The van der Waals surface area contributed by atoms with Crippen molar-refractivity contribution in [2.45, 2.75) is 83.9 Å². The van der Waals surface area contributed by atoms with Gasteiger partial charge in [-0.1, -0.05) is 77.9 Å². The molecule has 3 nitrogen and oxygen atoms in total. The van der Waals surface area contributed by atoms with Crippen molar-refractivity contribution < 1.29 is 4.21 Å². The molecule has 0 unspecified atom stereocenters. The molecule has 0 spiro atoms. The van der Waals surface area contributed by atoms with Crippen LogP contribution in [0.15, 0.2) is 42.5 Å². The summed E-state index contributed by atoms with van der Waals surface area (Å²) >= 11 is 0. The van der Waals surface area contributed by atoms with Crippen LogP contribution in [0.25, 0.3) is 0 Å². The Hall–Kier alpha value is -1.65. The number of para-hydroxylation sites is 1. The van der Waals surface area contributed by atoms with Crippen LogP contribution in [0.1, 0.15) is 90.6 Å². The average Bonchev–Trinajstić information content (AvgIpc) is 2.57. The summed E-state index contributed by atoms with van der Waals surface area (Å²) in [5, 5.41) is 0. The molecule has 0 radical (unpaired) electrons. The lowest BCUT2D eigenvalue weighted by atomic mass is 9.78. The van der Waals surface area contributed by atoms with Crippen LogP contribution in [0.2, 0.25) is 0 Å².